The van der Waals surface area contributed by atoms with E-state index in [-0.39, 0.29) is 52.5 Å². The van der Waals surface area contributed by atoms with E-state index >= 15 is 0 Å². The fourth-order valence-electron chi connectivity index (χ4n) is 9.25. The van der Waals surface area contributed by atoms with Gasteiger partial charge in [0.25, 0.3) is 0 Å². The molecule has 0 saturated carbocycles. The minimum atomic E-state index is -1.77. The first-order valence-corrected chi connectivity index (χ1v) is 27.7. The van der Waals surface area contributed by atoms with Gasteiger partial charge in [-0.3, -0.25) is 9.59 Å². The van der Waals surface area contributed by atoms with E-state index in [0.717, 1.165) is 56.3 Å². The van der Waals surface area contributed by atoms with Crippen LogP contribution in [0.3, 0.4) is 0 Å². The van der Waals surface area contributed by atoms with Gasteiger partial charge >= 0.3 is 0 Å². The molecule has 0 aromatic rings. The van der Waals surface area contributed by atoms with Crippen molar-refractivity contribution in [1.82, 2.24) is 0 Å². The molecule has 0 heterocycles. The van der Waals surface area contributed by atoms with Crippen LogP contribution in [0.5, 0.6) is 0 Å². The Labute approximate surface area is 403 Å². The van der Waals surface area contributed by atoms with Crippen LogP contribution in [-0.2, 0) is 36.1 Å². The van der Waals surface area contributed by atoms with Gasteiger partial charge in [0.2, 0.25) is 0 Å². The van der Waals surface area contributed by atoms with Gasteiger partial charge in [-0.15, -0.1) is 0 Å². The minimum absolute atomic E-state index is 0. The average Bonchev–Trinajstić information content (AvgIpc) is 3.22. The van der Waals surface area contributed by atoms with Crippen molar-refractivity contribution in [2.75, 3.05) is 0 Å². The van der Waals surface area contributed by atoms with Gasteiger partial charge in [0, 0.05) is 41.0 Å². The second-order valence-electron chi connectivity index (χ2n) is 21.4. The summed E-state index contributed by atoms with van der Waals surface area (Å²) in [4.78, 5) is 40.9. The number of carbonyl (C=O) groups excluding carboxylic acids is 3. The zero-order valence-electron chi connectivity index (χ0n) is 43.1. The molecule has 5 heteroatoms. The molecule has 0 aliphatic heterocycles. The number of Topliss-reactive ketones (excluding diaryl/α,β-unsaturated/α-hetero) is 3. The smallest absolute Gasteiger partial charge is 0.145 e. The van der Waals surface area contributed by atoms with Crippen LogP contribution in [0.1, 0.15) is 318 Å². The predicted octanol–water partition coefficient (Wildman–Crippen LogP) is 17.8. The summed E-state index contributed by atoms with van der Waals surface area (Å²) >= 11 is 0. The molecule has 0 rings (SSSR count). The van der Waals surface area contributed by atoms with Crippen molar-refractivity contribution in [1.29, 1.82) is 0 Å². The summed E-state index contributed by atoms with van der Waals surface area (Å²) in [7, 11) is 0. The molecule has 0 amide bonds. The zero-order chi connectivity index (χ0) is 45.2. The molecule has 0 fully saturated rings. The first kappa shape index (κ1) is 63.8. The molecule has 0 aromatic heterocycles. The SMILES string of the molecule is CC(C)CCCCCCCCCCCCCCC(=O)C([O-])C(C)(C(=O)CCCCCCCCCCCCCCC(C)C)C(=O)CCCCCCCCCCCCCCC(C)C.[Ti]. The number of hydrogen-bond acceptors (Lipinski definition) is 4. The van der Waals surface area contributed by atoms with Crippen LogP contribution in [0.25, 0.3) is 0 Å². The third-order valence-electron chi connectivity index (χ3n) is 13.8. The second-order valence-corrected chi connectivity index (χ2v) is 21.4. The predicted molar refractivity (Wildman–Crippen MR) is 265 cm³/mol. The van der Waals surface area contributed by atoms with Crippen molar-refractivity contribution < 1.29 is 41.2 Å². The van der Waals surface area contributed by atoms with Crippen LogP contribution in [0.2, 0.25) is 0 Å². The third-order valence-corrected chi connectivity index (χ3v) is 13.8. The molecule has 0 saturated heterocycles. The van der Waals surface area contributed by atoms with Crippen molar-refractivity contribution in [2.24, 2.45) is 23.2 Å². The van der Waals surface area contributed by atoms with Crippen LogP contribution >= 0.6 is 0 Å². The molecule has 0 aromatic carbocycles. The normalized spacial score (nSPS) is 12.4. The third kappa shape index (κ3) is 38.9. The summed E-state index contributed by atoms with van der Waals surface area (Å²) in [5.41, 5.74) is -1.73. The van der Waals surface area contributed by atoms with Gasteiger partial charge in [-0.25, -0.2) is 0 Å². The maximum absolute atomic E-state index is 13.8. The van der Waals surface area contributed by atoms with Crippen molar-refractivity contribution in [3.8, 4) is 0 Å². The van der Waals surface area contributed by atoms with E-state index in [1.54, 1.807) is 0 Å². The number of unbranched alkanes of at least 4 members (excludes halogenated alkanes) is 33. The Morgan fingerprint density at radius 3 is 0.710 bits per heavy atom. The number of rotatable bonds is 49. The second kappa shape index (κ2) is 45.8. The Kier molecular flexibility index (Phi) is 47.1. The monoisotopic (exact) mass is 906 g/mol. The molecule has 0 aliphatic carbocycles. The van der Waals surface area contributed by atoms with E-state index in [1.807, 2.05) is 0 Å². The molecule has 1 atom stereocenters. The van der Waals surface area contributed by atoms with Gasteiger partial charge in [-0.05, 0) is 50.0 Å². The summed E-state index contributed by atoms with van der Waals surface area (Å²) in [5.74, 6) is 1.48. The van der Waals surface area contributed by atoms with Crippen molar-refractivity contribution in [3.63, 3.8) is 0 Å². The van der Waals surface area contributed by atoms with E-state index in [0.29, 0.717) is 19.3 Å². The van der Waals surface area contributed by atoms with Gasteiger partial charge in [-0.1, -0.05) is 273 Å². The van der Waals surface area contributed by atoms with Crippen LogP contribution in [0, 0.1) is 23.2 Å². The fourth-order valence-corrected chi connectivity index (χ4v) is 9.25. The first-order chi connectivity index (χ1) is 29.4. The summed E-state index contributed by atoms with van der Waals surface area (Å²) < 4.78 is 0. The summed E-state index contributed by atoms with van der Waals surface area (Å²) in [6, 6.07) is 0. The van der Waals surface area contributed by atoms with E-state index in [9.17, 15) is 19.5 Å². The van der Waals surface area contributed by atoms with Crippen LogP contribution < -0.4 is 5.11 Å². The van der Waals surface area contributed by atoms with E-state index in [2.05, 4.69) is 41.5 Å². The Morgan fingerprint density at radius 1 is 0.323 bits per heavy atom. The summed E-state index contributed by atoms with van der Waals surface area (Å²) in [5, 5.41) is 13.8. The van der Waals surface area contributed by atoms with E-state index in [1.165, 1.54) is 200 Å². The average molecular weight is 906 g/mol. The van der Waals surface area contributed by atoms with Crippen molar-refractivity contribution >= 4 is 17.3 Å². The Balaban J connectivity index is 0. The molecule has 0 bridgehead atoms. The van der Waals surface area contributed by atoms with Crippen LogP contribution in [0.15, 0.2) is 0 Å². The maximum Gasteiger partial charge on any atom is 0.145 e. The van der Waals surface area contributed by atoms with Gasteiger partial charge in [0.1, 0.15) is 17.3 Å². The van der Waals surface area contributed by atoms with Crippen molar-refractivity contribution in [2.45, 2.75) is 324 Å². The topological polar surface area (TPSA) is 74.3 Å². The summed E-state index contributed by atoms with van der Waals surface area (Å²) in [6.45, 7) is 15.4. The molecular weight excluding hydrogens is 796 g/mol. The number of carbonyl (C=O) groups is 3. The molecule has 1 unspecified atom stereocenters. The number of hydrogen-bond donors (Lipinski definition) is 0. The first-order valence-electron chi connectivity index (χ1n) is 27.7. The Hall–Kier alpha value is -0.316. The zero-order valence-corrected chi connectivity index (χ0v) is 44.7. The standard InChI is InChI=1S/C57H109O4.Ti/c1-50(2)44-38-32-26-20-14-8-11-17-23-29-35-41-47-53(58)56(61)57(7,54(59)48-42-36-30-24-18-12-9-15-21-27-33-39-45-51(3)4)55(60)49-43-37-31-25-19-13-10-16-22-28-34-40-46-52(5)6;/h50-52,56H,8-49H2,1-7H3;/q-1;. The number of ketones is 3. The molecule has 4 nitrogen and oxygen atoms in total. The molecular formula is C57H109O4Ti-. The van der Waals surface area contributed by atoms with Gasteiger partial charge in [-0.2, -0.15) is 0 Å². The van der Waals surface area contributed by atoms with E-state index < -0.39 is 17.3 Å². The largest absolute Gasteiger partial charge is 0.845 e. The molecule has 366 valence electrons. The molecule has 0 N–H and O–H groups in total. The molecule has 0 spiro atoms. The van der Waals surface area contributed by atoms with E-state index in [4.69, 9.17) is 0 Å². The fraction of sp³-hybridized carbons (Fsp3) is 0.947. The Morgan fingerprint density at radius 2 is 0.500 bits per heavy atom. The van der Waals surface area contributed by atoms with Gasteiger partial charge in [0.05, 0.1) is 5.41 Å². The summed E-state index contributed by atoms with van der Waals surface area (Å²) in [6.07, 6.45) is 46.7. The van der Waals surface area contributed by atoms with Crippen molar-refractivity contribution in [3.05, 3.63) is 0 Å². The Bertz CT molecular complexity index is 941. The van der Waals surface area contributed by atoms with Gasteiger partial charge < -0.3 is 9.90 Å². The van der Waals surface area contributed by atoms with Gasteiger partial charge in [0.15, 0.2) is 0 Å². The molecule has 62 heavy (non-hydrogen) atoms. The van der Waals surface area contributed by atoms with Crippen LogP contribution in [0.4, 0.5) is 0 Å². The van der Waals surface area contributed by atoms with Crippen LogP contribution in [-0.4, -0.2) is 23.5 Å². The maximum atomic E-state index is 13.8. The minimum Gasteiger partial charge on any atom is -0.845 e. The quantitative estimate of drug-likeness (QED) is 0.0346. The molecule has 0 radical (unpaired) electrons. The molecule has 0 aliphatic rings.